The Morgan fingerprint density at radius 2 is 2.36 bits per heavy atom. The number of nitrogens with one attached hydrogen (secondary N) is 1. The first-order valence-electron chi connectivity index (χ1n) is 3.72. The van der Waals surface area contributed by atoms with Gasteiger partial charge < -0.3 is 10.7 Å². The molecule has 0 aliphatic carbocycles. The third kappa shape index (κ3) is 1.41. The fraction of sp³-hybridized carbons (Fsp3) is 0. The fourth-order valence-corrected chi connectivity index (χ4v) is 1.38. The van der Waals surface area contributed by atoms with Gasteiger partial charge in [-0.3, -0.25) is 4.79 Å². The van der Waals surface area contributed by atoms with Crippen molar-refractivity contribution in [2.24, 2.45) is 0 Å². The first kappa shape index (κ1) is 8.95. The molecule has 2 rings (SSSR count). The summed E-state index contributed by atoms with van der Waals surface area (Å²) in [6, 6.07) is 0. The fourth-order valence-electron chi connectivity index (χ4n) is 0.986. The molecular formula is C7H6BrN5O. The summed E-state index contributed by atoms with van der Waals surface area (Å²) in [5.74, 6) is 0.408. The lowest BCUT2D eigenvalue weighted by atomic mass is 10.5. The second-order valence-corrected chi connectivity index (χ2v) is 3.38. The van der Waals surface area contributed by atoms with Crippen molar-refractivity contribution < 1.29 is 0 Å². The van der Waals surface area contributed by atoms with Gasteiger partial charge in [-0.15, -0.1) is 0 Å². The molecule has 0 spiro atoms. The van der Waals surface area contributed by atoms with E-state index in [4.69, 9.17) is 5.73 Å². The Morgan fingerprint density at radius 1 is 1.57 bits per heavy atom. The lowest BCUT2D eigenvalue weighted by Crippen LogP contribution is -2.12. The molecule has 14 heavy (non-hydrogen) atoms. The molecule has 0 aliphatic rings. The molecule has 0 saturated carbocycles. The van der Waals surface area contributed by atoms with E-state index in [1.54, 1.807) is 6.20 Å². The molecule has 3 N–H and O–H groups in total. The van der Waals surface area contributed by atoms with Crippen LogP contribution in [-0.4, -0.2) is 19.7 Å². The second kappa shape index (κ2) is 3.26. The van der Waals surface area contributed by atoms with Crippen molar-refractivity contribution in [2.45, 2.75) is 0 Å². The number of nitrogens with zero attached hydrogens (tertiary/aromatic N) is 3. The number of rotatable bonds is 1. The summed E-state index contributed by atoms with van der Waals surface area (Å²) in [7, 11) is 0. The van der Waals surface area contributed by atoms with Gasteiger partial charge in [0.15, 0.2) is 5.82 Å². The zero-order valence-corrected chi connectivity index (χ0v) is 8.52. The smallest absolute Gasteiger partial charge is 0.267 e. The molecule has 7 heteroatoms. The summed E-state index contributed by atoms with van der Waals surface area (Å²) in [5.41, 5.74) is 5.74. The molecule has 0 bridgehead atoms. The lowest BCUT2D eigenvalue weighted by molar-refractivity contribution is 0.828. The lowest BCUT2D eigenvalue weighted by Gasteiger charge is -2.00. The molecule has 2 heterocycles. The SMILES string of the molecule is Nc1cnn(-c2nc[nH]c(=O)c2Br)c1. The molecule has 0 fully saturated rings. The van der Waals surface area contributed by atoms with Crippen LogP contribution >= 0.6 is 15.9 Å². The Kier molecular flexibility index (Phi) is 2.08. The molecule has 0 aromatic carbocycles. The third-order valence-electron chi connectivity index (χ3n) is 1.60. The third-order valence-corrected chi connectivity index (χ3v) is 2.31. The van der Waals surface area contributed by atoms with Gasteiger partial charge in [0.1, 0.15) is 4.47 Å². The van der Waals surface area contributed by atoms with Crippen LogP contribution in [0.1, 0.15) is 0 Å². The molecule has 0 amide bonds. The van der Waals surface area contributed by atoms with Gasteiger partial charge in [-0.2, -0.15) is 5.10 Å². The molecule has 2 aromatic heterocycles. The van der Waals surface area contributed by atoms with Gasteiger partial charge in [-0.1, -0.05) is 0 Å². The maximum atomic E-state index is 11.2. The van der Waals surface area contributed by atoms with Crippen molar-refractivity contribution in [2.75, 3.05) is 5.73 Å². The van der Waals surface area contributed by atoms with Crippen LogP contribution in [-0.2, 0) is 0 Å². The number of anilines is 1. The molecule has 72 valence electrons. The molecule has 0 atom stereocenters. The molecule has 2 aromatic rings. The summed E-state index contributed by atoms with van der Waals surface area (Å²) in [5, 5.41) is 3.93. The number of aromatic nitrogens is 4. The van der Waals surface area contributed by atoms with Gasteiger partial charge in [0.25, 0.3) is 5.56 Å². The van der Waals surface area contributed by atoms with Crippen molar-refractivity contribution in [3.05, 3.63) is 33.5 Å². The monoisotopic (exact) mass is 255 g/mol. The van der Waals surface area contributed by atoms with Crippen LogP contribution in [0.4, 0.5) is 5.69 Å². The second-order valence-electron chi connectivity index (χ2n) is 2.59. The number of halogens is 1. The van der Waals surface area contributed by atoms with Gasteiger partial charge in [0.05, 0.1) is 24.4 Å². The molecular weight excluding hydrogens is 250 g/mol. The van der Waals surface area contributed by atoms with E-state index in [1.807, 2.05) is 0 Å². The maximum Gasteiger partial charge on any atom is 0.267 e. The highest BCUT2D eigenvalue weighted by molar-refractivity contribution is 9.10. The van der Waals surface area contributed by atoms with E-state index < -0.39 is 0 Å². The number of hydrogen-bond donors (Lipinski definition) is 2. The van der Waals surface area contributed by atoms with Crippen LogP contribution in [0.2, 0.25) is 0 Å². The molecule has 0 aliphatic heterocycles. The Balaban J connectivity index is 2.63. The van der Waals surface area contributed by atoms with Crippen LogP contribution in [0.5, 0.6) is 0 Å². The zero-order chi connectivity index (χ0) is 10.1. The van der Waals surface area contributed by atoms with Gasteiger partial charge in [0.2, 0.25) is 0 Å². The maximum absolute atomic E-state index is 11.2. The first-order chi connectivity index (χ1) is 6.68. The minimum Gasteiger partial charge on any atom is -0.396 e. The number of H-pyrrole nitrogens is 1. The predicted octanol–water partition coefficient (Wildman–Crippen LogP) is 0.300. The largest absolute Gasteiger partial charge is 0.396 e. The van der Waals surface area contributed by atoms with Gasteiger partial charge in [-0.05, 0) is 15.9 Å². The van der Waals surface area contributed by atoms with Gasteiger partial charge in [0, 0.05) is 0 Å². The summed E-state index contributed by atoms with van der Waals surface area (Å²) in [4.78, 5) is 17.6. The summed E-state index contributed by atoms with van der Waals surface area (Å²) in [6.07, 6.45) is 4.36. The molecule has 0 unspecified atom stereocenters. The van der Waals surface area contributed by atoms with Crippen molar-refractivity contribution in [3.8, 4) is 5.82 Å². The van der Waals surface area contributed by atoms with E-state index in [-0.39, 0.29) is 5.56 Å². The van der Waals surface area contributed by atoms with E-state index in [0.29, 0.717) is 16.0 Å². The number of nitrogens with two attached hydrogens (primary N) is 1. The van der Waals surface area contributed by atoms with E-state index >= 15 is 0 Å². The van der Waals surface area contributed by atoms with E-state index in [2.05, 4.69) is 31.0 Å². The standard InChI is InChI=1S/C7H6BrN5O/c8-5-6(10-3-11-7(5)14)13-2-4(9)1-12-13/h1-3H,9H2,(H,10,11,14). The Labute approximate surface area is 86.9 Å². The summed E-state index contributed by atoms with van der Waals surface area (Å²) >= 11 is 3.12. The molecule has 6 nitrogen and oxygen atoms in total. The quantitative estimate of drug-likeness (QED) is 0.767. The van der Waals surface area contributed by atoms with Crippen LogP contribution in [0, 0.1) is 0 Å². The topological polar surface area (TPSA) is 89.6 Å². The minimum absolute atomic E-state index is 0.260. The normalized spacial score (nSPS) is 10.4. The number of aromatic amines is 1. The highest BCUT2D eigenvalue weighted by Gasteiger charge is 2.07. The van der Waals surface area contributed by atoms with E-state index in [1.165, 1.54) is 17.2 Å². The Hall–Kier alpha value is -1.63. The van der Waals surface area contributed by atoms with Crippen molar-refractivity contribution >= 4 is 21.6 Å². The van der Waals surface area contributed by atoms with Crippen LogP contribution in [0.15, 0.2) is 28.0 Å². The Morgan fingerprint density at radius 3 is 3.00 bits per heavy atom. The number of nitrogen functional groups attached to an aromatic ring is 1. The van der Waals surface area contributed by atoms with Crippen LogP contribution in [0.3, 0.4) is 0 Å². The van der Waals surface area contributed by atoms with Crippen LogP contribution < -0.4 is 11.3 Å². The van der Waals surface area contributed by atoms with Crippen LogP contribution in [0.25, 0.3) is 5.82 Å². The van der Waals surface area contributed by atoms with Gasteiger partial charge >= 0.3 is 0 Å². The summed E-state index contributed by atoms with van der Waals surface area (Å²) in [6.45, 7) is 0. The van der Waals surface area contributed by atoms with Crippen molar-refractivity contribution in [3.63, 3.8) is 0 Å². The van der Waals surface area contributed by atoms with Crippen molar-refractivity contribution in [1.82, 2.24) is 19.7 Å². The van der Waals surface area contributed by atoms with Crippen molar-refractivity contribution in [1.29, 1.82) is 0 Å². The minimum atomic E-state index is -0.260. The highest BCUT2D eigenvalue weighted by atomic mass is 79.9. The van der Waals surface area contributed by atoms with E-state index in [9.17, 15) is 4.79 Å². The van der Waals surface area contributed by atoms with E-state index in [0.717, 1.165) is 0 Å². The Bertz CT molecular complexity index is 517. The average Bonchev–Trinajstić information content (AvgIpc) is 2.57. The molecule has 0 radical (unpaired) electrons. The predicted molar refractivity (Wildman–Crippen MR) is 54.1 cm³/mol. The van der Waals surface area contributed by atoms with Gasteiger partial charge in [-0.25, -0.2) is 9.67 Å². The number of hydrogen-bond acceptors (Lipinski definition) is 4. The highest BCUT2D eigenvalue weighted by Crippen LogP contribution is 2.13. The first-order valence-corrected chi connectivity index (χ1v) is 4.51. The zero-order valence-electron chi connectivity index (χ0n) is 6.94. The summed E-state index contributed by atoms with van der Waals surface area (Å²) < 4.78 is 1.75. The average molecular weight is 256 g/mol. The molecule has 0 saturated heterocycles.